The molecule has 2 unspecified atom stereocenters. The van der Waals surface area contributed by atoms with Crippen LogP contribution in [0.1, 0.15) is 43.4 Å². The number of ether oxygens (including phenoxy) is 1. The van der Waals surface area contributed by atoms with E-state index in [1.54, 1.807) is 7.11 Å². The number of aryl methyl sites for hydroxylation is 1. The quantitative estimate of drug-likeness (QED) is 0.877. The summed E-state index contributed by atoms with van der Waals surface area (Å²) in [4.78, 5) is 0. The second-order valence-electron chi connectivity index (χ2n) is 5.31. The molecule has 0 bridgehead atoms. The summed E-state index contributed by atoms with van der Waals surface area (Å²) in [6.45, 7) is 1.93. The van der Waals surface area contributed by atoms with Gasteiger partial charge in [0.2, 0.25) is 10.0 Å². The van der Waals surface area contributed by atoms with Gasteiger partial charge in [0.1, 0.15) is 0 Å². The summed E-state index contributed by atoms with van der Waals surface area (Å²) in [6.07, 6.45) is 3.36. The van der Waals surface area contributed by atoms with E-state index >= 15 is 0 Å². The highest BCUT2D eigenvalue weighted by atomic mass is 32.2. The minimum absolute atomic E-state index is 0.0265. The molecule has 0 amide bonds. The van der Waals surface area contributed by atoms with Crippen LogP contribution in [-0.4, -0.2) is 27.4 Å². The van der Waals surface area contributed by atoms with Gasteiger partial charge >= 0.3 is 0 Å². The number of fused-ring (bicyclic) bond motifs is 1. The van der Waals surface area contributed by atoms with E-state index in [0.717, 1.165) is 24.8 Å². The van der Waals surface area contributed by atoms with Gasteiger partial charge in [-0.2, -0.15) is 0 Å². The lowest BCUT2D eigenvalue weighted by molar-refractivity contribution is 0.117. The molecule has 0 radical (unpaired) electrons. The van der Waals surface area contributed by atoms with Crippen molar-refractivity contribution in [3.8, 4) is 0 Å². The molecule has 2 rings (SSSR count). The fraction of sp³-hybridized carbons (Fsp3) is 0.600. The fourth-order valence-corrected chi connectivity index (χ4v) is 4.37. The van der Waals surface area contributed by atoms with E-state index in [-0.39, 0.29) is 17.9 Å². The zero-order valence-corrected chi connectivity index (χ0v) is 12.9. The second-order valence-corrected chi connectivity index (χ2v) is 7.11. The van der Waals surface area contributed by atoms with E-state index in [4.69, 9.17) is 4.74 Å². The molecule has 0 fully saturated rings. The summed E-state index contributed by atoms with van der Waals surface area (Å²) in [6, 6.07) is 7.98. The van der Waals surface area contributed by atoms with Crippen LogP contribution in [0.25, 0.3) is 0 Å². The maximum absolute atomic E-state index is 12.2. The summed E-state index contributed by atoms with van der Waals surface area (Å²) >= 11 is 0. The van der Waals surface area contributed by atoms with Crippen LogP contribution in [0.3, 0.4) is 0 Å². The molecule has 0 saturated carbocycles. The second kappa shape index (κ2) is 6.70. The van der Waals surface area contributed by atoms with Crippen LogP contribution >= 0.6 is 0 Å². The number of hydrogen-bond acceptors (Lipinski definition) is 3. The zero-order chi connectivity index (χ0) is 14.6. The first-order chi connectivity index (χ1) is 9.55. The Morgan fingerprint density at radius 2 is 2.15 bits per heavy atom. The SMILES string of the molecule is CCC(CS(=O)(=O)NC1CCCc2ccccc21)OC. The van der Waals surface area contributed by atoms with Gasteiger partial charge in [0.15, 0.2) is 0 Å². The van der Waals surface area contributed by atoms with Gasteiger partial charge in [0, 0.05) is 13.2 Å². The van der Waals surface area contributed by atoms with Crippen molar-refractivity contribution in [1.82, 2.24) is 4.72 Å². The molecule has 0 aromatic heterocycles. The number of rotatable bonds is 6. The van der Waals surface area contributed by atoms with Gasteiger partial charge in [0.25, 0.3) is 0 Å². The molecule has 1 N–H and O–H groups in total. The first kappa shape index (κ1) is 15.5. The van der Waals surface area contributed by atoms with Crippen molar-refractivity contribution < 1.29 is 13.2 Å². The van der Waals surface area contributed by atoms with Crippen LogP contribution < -0.4 is 4.72 Å². The van der Waals surface area contributed by atoms with Crippen molar-refractivity contribution in [2.45, 2.75) is 44.8 Å². The van der Waals surface area contributed by atoms with Crippen LogP contribution in [0.15, 0.2) is 24.3 Å². The Hall–Kier alpha value is -0.910. The first-order valence-corrected chi connectivity index (χ1v) is 8.81. The summed E-state index contributed by atoms with van der Waals surface area (Å²) in [5, 5.41) is 0. The fourth-order valence-electron chi connectivity index (χ4n) is 2.74. The normalized spacial score (nSPS) is 20.4. The predicted octanol–water partition coefficient (Wildman–Crippen LogP) is 2.41. The third-order valence-electron chi connectivity index (χ3n) is 3.89. The maximum atomic E-state index is 12.2. The van der Waals surface area contributed by atoms with Crippen LogP contribution in [0.4, 0.5) is 0 Å². The van der Waals surface area contributed by atoms with Gasteiger partial charge in [-0.15, -0.1) is 0 Å². The van der Waals surface area contributed by atoms with Crippen LogP contribution in [0, 0.1) is 0 Å². The van der Waals surface area contributed by atoms with Crippen molar-refractivity contribution in [2.24, 2.45) is 0 Å². The molecule has 2 atom stereocenters. The molecule has 0 spiro atoms. The number of sulfonamides is 1. The van der Waals surface area contributed by atoms with E-state index in [9.17, 15) is 8.42 Å². The average Bonchev–Trinajstić information content (AvgIpc) is 2.45. The van der Waals surface area contributed by atoms with Crippen LogP contribution in [0.2, 0.25) is 0 Å². The van der Waals surface area contributed by atoms with E-state index in [2.05, 4.69) is 10.8 Å². The van der Waals surface area contributed by atoms with Crippen molar-refractivity contribution in [1.29, 1.82) is 0 Å². The molecule has 4 nitrogen and oxygen atoms in total. The number of benzene rings is 1. The molecule has 1 aromatic carbocycles. The molecule has 20 heavy (non-hydrogen) atoms. The Balaban J connectivity index is 2.11. The molecule has 0 saturated heterocycles. The van der Waals surface area contributed by atoms with Crippen molar-refractivity contribution in [3.05, 3.63) is 35.4 Å². The maximum Gasteiger partial charge on any atom is 0.214 e. The third kappa shape index (κ3) is 3.81. The summed E-state index contributed by atoms with van der Waals surface area (Å²) in [5.74, 6) is 0.0265. The summed E-state index contributed by atoms with van der Waals surface area (Å²) < 4.78 is 32.5. The minimum atomic E-state index is -3.32. The Morgan fingerprint density at radius 1 is 1.40 bits per heavy atom. The van der Waals surface area contributed by atoms with E-state index < -0.39 is 10.0 Å². The van der Waals surface area contributed by atoms with Crippen molar-refractivity contribution in [2.75, 3.05) is 12.9 Å². The molecular formula is C15H23NO3S. The monoisotopic (exact) mass is 297 g/mol. The largest absolute Gasteiger partial charge is 0.380 e. The zero-order valence-electron chi connectivity index (χ0n) is 12.1. The van der Waals surface area contributed by atoms with E-state index in [1.165, 1.54) is 5.56 Å². The van der Waals surface area contributed by atoms with Gasteiger partial charge in [0.05, 0.1) is 11.9 Å². The molecule has 0 aliphatic heterocycles. The molecule has 1 aliphatic rings. The van der Waals surface area contributed by atoms with E-state index in [0.29, 0.717) is 6.42 Å². The number of hydrogen-bond donors (Lipinski definition) is 1. The van der Waals surface area contributed by atoms with Crippen molar-refractivity contribution in [3.63, 3.8) is 0 Å². The highest BCUT2D eigenvalue weighted by Crippen LogP contribution is 2.30. The van der Waals surface area contributed by atoms with Gasteiger partial charge in [-0.25, -0.2) is 13.1 Å². The molecule has 0 heterocycles. The molecule has 1 aliphatic carbocycles. The van der Waals surface area contributed by atoms with Gasteiger partial charge < -0.3 is 4.74 Å². The lowest BCUT2D eigenvalue weighted by Crippen LogP contribution is -2.36. The molecule has 112 valence electrons. The van der Waals surface area contributed by atoms with Gasteiger partial charge in [-0.3, -0.25) is 0 Å². The highest BCUT2D eigenvalue weighted by Gasteiger charge is 2.26. The smallest absolute Gasteiger partial charge is 0.214 e. The summed E-state index contributed by atoms with van der Waals surface area (Å²) in [7, 11) is -1.77. The topological polar surface area (TPSA) is 55.4 Å². The van der Waals surface area contributed by atoms with Gasteiger partial charge in [-0.05, 0) is 36.8 Å². The first-order valence-electron chi connectivity index (χ1n) is 7.16. The Kier molecular flexibility index (Phi) is 5.18. The Bertz CT molecular complexity index is 538. The third-order valence-corrected chi connectivity index (χ3v) is 5.34. The average molecular weight is 297 g/mol. The lowest BCUT2D eigenvalue weighted by atomic mass is 9.88. The van der Waals surface area contributed by atoms with E-state index in [1.807, 2.05) is 25.1 Å². The number of methoxy groups -OCH3 is 1. The predicted molar refractivity (Wildman–Crippen MR) is 80.1 cm³/mol. The Morgan fingerprint density at radius 3 is 2.85 bits per heavy atom. The lowest BCUT2D eigenvalue weighted by Gasteiger charge is -2.26. The Labute approximate surface area is 121 Å². The standard InChI is InChI=1S/C15H23NO3S/c1-3-13(19-2)11-20(17,18)16-15-10-6-8-12-7-4-5-9-14(12)15/h4-5,7,9,13,15-16H,3,6,8,10-11H2,1-2H3. The molecule has 5 heteroatoms. The van der Waals surface area contributed by atoms with Crippen LogP contribution in [-0.2, 0) is 21.2 Å². The van der Waals surface area contributed by atoms with Crippen molar-refractivity contribution >= 4 is 10.0 Å². The number of nitrogens with one attached hydrogen (secondary N) is 1. The minimum Gasteiger partial charge on any atom is -0.380 e. The molecule has 1 aromatic rings. The molecular weight excluding hydrogens is 274 g/mol. The summed E-state index contributed by atoms with van der Waals surface area (Å²) in [5.41, 5.74) is 2.37. The van der Waals surface area contributed by atoms with Gasteiger partial charge in [-0.1, -0.05) is 31.2 Å². The van der Waals surface area contributed by atoms with Crippen LogP contribution in [0.5, 0.6) is 0 Å². The highest BCUT2D eigenvalue weighted by molar-refractivity contribution is 7.89.